The van der Waals surface area contributed by atoms with Gasteiger partial charge in [0, 0.05) is 6.61 Å². The van der Waals surface area contributed by atoms with Crippen molar-refractivity contribution in [1.82, 2.24) is 0 Å². The highest BCUT2D eigenvalue weighted by molar-refractivity contribution is 4.88. The first kappa shape index (κ1) is 16.3. The van der Waals surface area contributed by atoms with Crippen molar-refractivity contribution in [3.8, 4) is 0 Å². The summed E-state index contributed by atoms with van der Waals surface area (Å²) in [5.41, 5.74) is 0. The van der Waals surface area contributed by atoms with Crippen molar-refractivity contribution in [2.24, 2.45) is 11.8 Å². The largest absolute Gasteiger partial charge is 0.393 e. The standard InChI is InChI=1S/C18H34O2/c1-2-3-4-5-6-7-13-20-18-10-8-9-15-11-12-16(19)14-17(15)18/h15-19H,2-14H2,1H3. The summed E-state index contributed by atoms with van der Waals surface area (Å²) in [5.74, 6) is 1.48. The van der Waals surface area contributed by atoms with Crippen LogP contribution < -0.4 is 0 Å². The SMILES string of the molecule is CCCCCCCCOC1CCCC2CCC(O)CC21. The van der Waals surface area contributed by atoms with Crippen LogP contribution in [0, 0.1) is 11.8 Å². The number of rotatable bonds is 8. The number of hydrogen-bond acceptors (Lipinski definition) is 2. The van der Waals surface area contributed by atoms with Gasteiger partial charge >= 0.3 is 0 Å². The van der Waals surface area contributed by atoms with Gasteiger partial charge in [0.15, 0.2) is 0 Å². The Morgan fingerprint density at radius 2 is 1.75 bits per heavy atom. The molecule has 0 heterocycles. The van der Waals surface area contributed by atoms with Crippen molar-refractivity contribution in [3.05, 3.63) is 0 Å². The monoisotopic (exact) mass is 282 g/mol. The van der Waals surface area contributed by atoms with Crippen LogP contribution in [0.4, 0.5) is 0 Å². The summed E-state index contributed by atoms with van der Waals surface area (Å²) < 4.78 is 6.20. The minimum absolute atomic E-state index is 0.0607. The van der Waals surface area contributed by atoms with E-state index >= 15 is 0 Å². The lowest BCUT2D eigenvalue weighted by molar-refractivity contribution is -0.0701. The van der Waals surface area contributed by atoms with Gasteiger partial charge in [0.2, 0.25) is 0 Å². The second kappa shape index (κ2) is 9.04. The van der Waals surface area contributed by atoms with Gasteiger partial charge in [0.25, 0.3) is 0 Å². The highest BCUT2D eigenvalue weighted by Gasteiger charge is 2.37. The maximum Gasteiger partial charge on any atom is 0.0606 e. The van der Waals surface area contributed by atoms with Gasteiger partial charge in [-0.15, -0.1) is 0 Å². The third-order valence-electron chi connectivity index (χ3n) is 5.39. The summed E-state index contributed by atoms with van der Waals surface area (Å²) in [6.07, 6.45) is 15.5. The Labute approximate surface area is 125 Å². The third kappa shape index (κ3) is 5.04. The van der Waals surface area contributed by atoms with Crippen molar-refractivity contribution in [2.45, 2.75) is 96.2 Å². The van der Waals surface area contributed by atoms with E-state index < -0.39 is 0 Å². The van der Waals surface area contributed by atoms with Gasteiger partial charge in [0.1, 0.15) is 0 Å². The van der Waals surface area contributed by atoms with Crippen LogP contribution in [-0.2, 0) is 4.74 Å². The van der Waals surface area contributed by atoms with E-state index in [9.17, 15) is 5.11 Å². The normalized spacial score (nSPS) is 33.9. The predicted molar refractivity (Wildman–Crippen MR) is 83.8 cm³/mol. The van der Waals surface area contributed by atoms with Gasteiger partial charge < -0.3 is 9.84 Å². The van der Waals surface area contributed by atoms with Gasteiger partial charge in [-0.05, 0) is 50.4 Å². The zero-order valence-electron chi connectivity index (χ0n) is 13.4. The molecular formula is C18H34O2. The van der Waals surface area contributed by atoms with Crippen LogP contribution in [-0.4, -0.2) is 23.9 Å². The molecule has 1 N–H and O–H groups in total. The molecule has 2 aliphatic rings. The van der Waals surface area contributed by atoms with E-state index in [1.165, 1.54) is 64.2 Å². The molecule has 0 saturated heterocycles. The van der Waals surface area contributed by atoms with Crippen molar-refractivity contribution in [3.63, 3.8) is 0 Å². The molecule has 2 fully saturated rings. The molecule has 118 valence electrons. The average Bonchev–Trinajstić information content (AvgIpc) is 2.46. The van der Waals surface area contributed by atoms with E-state index in [0.29, 0.717) is 12.0 Å². The molecule has 0 aromatic heterocycles. The predicted octanol–water partition coefficient (Wildman–Crippen LogP) is 4.69. The number of fused-ring (bicyclic) bond motifs is 1. The molecule has 2 saturated carbocycles. The molecule has 20 heavy (non-hydrogen) atoms. The number of hydrogen-bond donors (Lipinski definition) is 1. The molecule has 2 nitrogen and oxygen atoms in total. The van der Waals surface area contributed by atoms with Crippen molar-refractivity contribution in [2.75, 3.05) is 6.61 Å². The molecule has 0 radical (unpaired) electrons. The number of aliphatic hydroxyl groups excluding tert-OH is 1. The molecule has 4 unspecified atom stereocenters. The summed E-state index contributed by atoms with van der Waals surface area (Å²) in [6, 6.07) is 0. The van der Waals surface area contributed by atoms with Gasteiger partial charge in [-0.25, -0.2) is 0 Å². The molecule has 0 spiro atoms. The van der Waals surface area contributed by atoms with E-state index in [0.717, 1.165) is 25.4 Å². The smallest absolute Gasteiger partial charge is 0.0606 e. The van der Waals surface area contributed by atoms with E-state index in [-0.39, 0.29) is 6.10 Å². The second-order valence-corrected chi connectivity index (χ2v) is 7.00. The molecule has 2 heteroatoms. The van der Waals surface area contributed by atoms with Crippen LogP contribution in [0.3, 0.4) is 0 Å². The molecule has 0 aliphatic heterocycles. The van der Waals surface area contributed by atoms with Gasteiger partial charge in [0.05, 0.1) is 12.2 Å². The molecule has 0 aromatic rings. The molecule has 4 atom stereocenters. The van der Waals surface area contributed by atoms with Crippen LogP contribution in [0.2, 0.25) is 0 Å². The highest BCUT2D eigenvalue weighted by atomic mass is 16.5. The van der Waals surface area contributed by atoms with Crippen molar-refractivity contribution < 1.29 is 9.84 Å². The van der Waals surface area contributed by atoms with E-state index in [1.807, 2.05) is 0 Å². The van der Waals surface area contributed by atoms with Crippen LogP contribution in [0.15, 0.2) is 0 Å². The van der Waals surface area contributed by atoms with E-state index in [1.54, 1.807) is 0 Å². The minimum Gasteiger partial charge on any atom is -0.393 e. The lowest BCUT2D eigenvalue weighted by Gasteiger charge is -2.42. The van der Waals surface area contributed by atoms with E-state index in [2.05, 4.69) is 6.92 Å². The topological polar surface area (TPSA) is 29.5 Å². The molecule has 0 bridgehead atoms. The third-order valence-corrected chi connectivity index (χ3v) is 5.39. The van der Waals surface area contributed by atoms with Gasteiger partial charge in [-0.2, -0.15) is 0 Å². The zero-order chi connectivity index (χ0) is 14.2. The number of aliphatic hydroxyl groups is 1. The average molecular weight is 282 g/mol. The molecule has 2 aliphatic carbocycles. The molecule has 0 aromatic carbocycles. The first-order chi connectivity index (χ1) is 9.81. The Morgan fingerprint density at radius 1 is 0.950 bits per heavy atom. The lowest BCUT2D eigenvalue weighted by Crippen LogP contribution is -2.40. The number of unbranched alkanes of at least 4 members (excludes halogenated alkanes) is 5. The van der Waals surface area contributed by atoms with Crippen LogP contribution >= 0.6 is 0 Å². The van der Waals surface area contributed by atoms with E-state index in [4.69, 9.17) is 4.74 Å². The lowest BCUT2D eigenvalue weighted by atomic mass is 9.68. The molecule has 0 amide bonds. The Kier molecular flexibility index (Phi) is 7.37. The van der Waals surface area contributed by atoms with Crippen molar-refractivity contribution >= 4 is 0 Å². The first-order valence-electron chi connectivity index (χ1n) is 9.11. The van der Waals surface area contributed by atoms with Gasteiger partial charge in [-0.1, -0.05) is 45.4 Å². The Bertz CT molecular complexity index is 254. The zero-order valence-corrected chi connectivity index (χ0v) is 13.4. The fourth-order valence-corrected chi connectivity index (χ4v) is 4.18. The minimum atomic E-state index is -0.0607. The highest BCUT2D eigenvalue weighted by Crippen LogP contribution is 2.41. The molecular weight excluding hydrogens is 248 g/mol. The maximum atomic E-state index is 9.90. The van der Waals surface area contributed by atoms with Crippen molar-refractivity contribution in [1.29, 1.82) is 0 Å². The number of ether oxygens (including phenoxy) is 1. The summed E-state index contributed by atoms with van der Waals surface area (Å²) in [7, 11) is 0. The van der Waals surface area contributed by atoms with Crippen LogP contribution in [0.1, 0.15) is 84.0 Å². The summed E-state index contributed by atoms with van der Waals surface area (Å²) in [6.45, 7) is 3.21. The Balaban J connectivity index is 1.61. The summed E-state index contributed by atoms with van der Waals surface area (Å²) >= 11 is 0. The Morgan fingerprint density at radius 3 is 2.60 bits per heavy atom. The maximum absolute atomic E-state index is 9.90. The quantitative estimate of drug-likeness (QED) is 0.654. The van der Waals surface area contributed by atoms with Crippen LogP contribution in [0.25, 0.3) is 0 Å². The second-order valence-electron chi connectivity index (χ2n) is 7.00. The first-order valence-corrected chi connectivity index (χ1v) is 9.11. The van der Waals surface area contributed by atoms with Crippen LogP contribution in [0.5, 0.6) is 0 Å². The fourth-order valence-electron chi connectivity index (χ4n) is 4.18. The summed E-state index contributed by atoms with van der Waals surface area (Å²) in [5, 5.41) is 9.90. The Hall–Kier alpha value is -0.0800. The fraction of sp³-hybridized carbons (Fsp3) is 1.00. The molecule has 2 rings (SSSR count). The summed E-state index contributed by atoms with van der Waals surface area (Å²) in [4.78, 5) is 0. The van der Waals surface area contributed by atoms with Gasteiger partial charge in [-0.3, -0.25) is 0 Å².